The molecule has 0 amide bonds. The first-order chi connectivity index (χ1) is 7.45. The van der Waals surface area contributed by atoms with E-state index < -0.39 is 11.5 Å². The Balaban J connectivity index is 2.20. The molecule has 2 nitrogen and oxygen atoms in total. The first-order valence-electron chi connectivity index (χ1n) is 5.26. The lowest BCUT2D eigenvalue weighted by Crippen LogP contribution is -2.30. The summed E-state index contributed by atoms with van der Waals surface area (Å²) in [6.07, 6.45) is 1.09. The highest BCUT2D eigenvalue weighted by atomic mass is 19.3. The van der Waals surface area contributed by atoms with Gasteiger partial charge in [-0.2, -0.15) is 0 Å². The summed E-state index contributed by atoms with van der Waals surface area (Å²) in [4.78, 5) is 0. The monoisotopic (exact) mass is 227 g/mol. The van der Waals surface area contributed by atoms with Crippen molar-refractivity contribution in [2.75, 3.05) is 7.11 Å². The van der Waals surface area contributed by atoms with E-state index in [9.17, 15) is 8.78 Å². The molecule has 1 aromatic carbocycles. The van der Waals surface area contributed by atoms with E-state index in [1.807, 2.05) is 0 Å². The molecule has 1 aromatic rings. The zero-order valence-electron chi connectivity index (χ0n) is 9.17. The van der Waals surface area contributed by atoms with Crippen molar-refractivity contribution in [1.82, 2.24) is 0 Å². The number of halogens is 2. The minimum atomic E-state index is -2.88. The van der Waals surface area contributed by atoms with Crippen molar-refractivity contribution in [1.29, 1.82) is 0 Å². The molecule has 2 rings (SSSR count). The second kappa shape index (κ2) is 3.70. The summed E-state index contributed by atoms with van der Waals surface area (Å²) < 4.78 is 32.7. The lowest BCUT2D eigenvalue weighted by Gasteiger charge is -2.20. The van der Waals surface area contributed by atoms with Crippen molar-refractivity contribution >= 4 is 0 Å². The minimum absolute atomic E-state index is 0.0245. The second-order valence-corrected chi connectivity index (χ2v) is 4.48. The van der Waals surface area contributed by atoms with Crippen molar-refractivity contribution in [3.63, 3.8) is 0 Å². The van der Waals surface area contributed by atoms with E-state index in [1.165, 1.54) is 19.2 Å². The van der Waals surface area contributed by atoms with Gasteiger partial charge in [-0.25, -0.2) is 8.78 Å². The highest BCUT2D eigenvalue weighted by Gasteiger charge is 2.48. The molecule has 0 saturated heterocycles. The van der Waals surface area contributed by atoms with Gasteiger partial charge in [0.1, 0.15) is 5.75 Å². The highest BCUT2D eigenvalue weighted by Crippen LogP contribution is 2.46. The molecule has 4 heteroatoms. The summed E-state index contributed by atoms with van der Waals surface area (Å²) in [5.74, 6) is -2.43. The maximum atomic E-state index is 13.9. The SMILES string of the molecule is COc1cccc(C(F)(F)CC2(N)CC2)c1. The maximum absolute atomic E-state index is 13.9. The maximum Gasteiger partial charge on any atom is 0.275 e. The Morgan fingerprint density at radius 3 is 2.69 bits per heavy atom. The van der Waals surface area contributed by atoms with Gasteiger partial charge in [-0.05, 0) is 25.0 Å². The minimum Gasteiger partial charge on any atom is -0.497 e. The Morgan fingerprint density at radius 1 is 1.44 bits per heavy atom. The molecular formula is C12H15F2NO. The fraction of sp³-hybridized carbons (Fsp3) is 0.500. The fourth-order valence-corrected chi connectivity index (χ4v) is 1.73. The predicted octanol–water partition coefficient (Wildman–Crippen LogP) is 2.67. The van der Waals surface area contributed by atoms with Crippen molar-refractivity contribution in [3.8, 4) is 5.75 Å². The third kappa shape index (κ3) is 2.32. The summed E-state index contributed by atoms with van der Waals surface area (Å²) in [5.41, 5.74) is 5.04. The zero-order chi connectivity index (χ0) is 11.8. The topological polar surface area (TPSA) is 35.2 Å². The number of benzene rings is 1. The molecule has 88 valence electrons. The van der Waals surface area contributed by atoms with Crippen molar-refractivity contribution < 1.29 is 13.5 Å². The molecule has 0 aliphatic heterocycles. The average Bonchev–Trinajstić information content (AvgIpc) is 2.95. The summed E-state index contributed by atoms with van der Waals surface area (Å²) in [7, 11) is 1.46. The number of methoxy groups -OCH3 is 1. The van der Waals surface area contributed by atoms with Crippen LogP contribution in [-0.4, -0.2) is 12.6 Å². The van der Waals surface area contributed by atoms with Gasteiger partial charge in [0, 0.05) is 17.5 Å². The number of hydrogen-bond donors (Lipinski definition) is 1. The van der Waals surface area contributed by atoms with Crippen LogP contribution in [0.2, 0.25) is 0 Å². The van der Waals surface area contributed by atoms with Gasteiger partial charge >= 0.3 is 0 Å². The van der Waals surface area contributed by atoms with Gasteiger partial charge in [-0.1, -0.05) is 12.1 Å². The predicted molar refractivity (Wildman–Crippen MR) is 57.7 cm³/mol. The van der Waals surface area contributed by atoms with E-state index >= 15 is 0 Å². The number of hydrogen-bond acceptors (Lipinski definition) is 2. The first-order valence-corrected chi connectivity index (χ1v) is 5.26. The van der Waals surface area contributed by atoms with E-state index in [0.29, 0.717) is 18.6 Å². The molecule has 2 N–H and O–H groups in total. The van der Waals surface area contributed by atoms with Crippen LogP contribution in [-0.2, 0) is 5.92 Å². The van der Waals surface area contributed by atoms with Crippen LogP contribution in [0, 0.1) is 0 Å². The van der Waals surface area contributed by atoms with E-state index in [4.69, 9.17) is 10.5 Å². The molecule has 0 atom stereocenters. The van der Waals surface area contributed by atoms with Crippen LogP contribution in [0.25, 0.3) is 0 Å². The van der Waals surface area contributed by atoms with Crippen LogP contribution < -0.4 is 10.5 Å². The van der Waals surface area contributed by atoms with Crippen molar-refractivity contribution in [2.24, 2.45) is 5.73 Å². The van der Waals surface area contributed by atoms with E-state index in [-0.39, 0.29) is 12.0 Å². The van der Waals surface area contributed by atoms with E-state index in [0.717, 1.165) is 0 Å². The van der Waals surface area contributed by atoms with Crippen LogP contribution in [0.15, 0.2) is 24.3 Å². The summed E-state index contributed by atoms with van der Waals surface area (Å²) in [6, 6.07) is 5.99. The van der Waals surface area contributed by atoms with Gasteiger partial charge in [0.25, 0.3) is 5.92 Å². The lowest BCUT2D eigenvalue weighted by molar-refractivity contribution is -0.0225. The van der Waals surface area contributed by atoms with Gasteiger partial charge in [-0.3, -0.25) is 0 Å². The summed E-state index contributed by atoms with van der Waals surface area (Å²) >= 11 is 0. The molecule has 1 aliphatic carbocycles. The fourth-order valence-electron chi connectivity index (χ4n) is 1.73. The molecule has 1 aliphatic rings. The molecule has 0 heterocycles. The molecular weight excluding hydrogens is 212 g/mol. The third-order valence-corrected chi connectivity index (χ3v) is 2.96. The Hall–Kier alpha value is -1.16. The van der Waals surface area contributed by atoms with Gasteiger partial charge in [0.2, 0.25) is 0 Å². The normalized spacial score (nSPS) is 18.2. The van der Waals surface area contributed by atoms with Gasteiger partial charge in [-0.15, -0.1) is 0 Å². The lowest BCUT2D eigenvalue weighted by atomic mass is 10.00. The first kappa shape index (κ1) is 11.3. The molecule has 16 heavy (non-hydrogen) atoms. The summed E-state index contributed by atoms with van der Waals surface area (Å²) in [5, 5.41) is 0. The van der Waals surface area contributed by atoms with Crippen LogP contribution in [0.3, 0.4) is 0 Å². The Kier molecular flexibility index (Phi) is 2.62. The van der Waals surface area contributed by atoms with E-state index in [1.54, 1.807) is 12.1 Å². The van der Waals surface area contributed by atoms with Crippen LogP contribution in [0.1, 0.15) is 24.8 Å². The standard InChI is InChI=1S/C12H15F2NO/c1-16-10-4-2-3-9(7-10)12(13,14)8-11(15)5-6-11/h2-4,7H,5-6,8,15H2,1H3. The molecule has 0 bridgehead atoms. The van der Waals surface area contributed by atoms with Gasteiger partial charge in [0.15, 0.2) is 0 Å². The van der Waals surface area contributed by atoms with Crippen LogP contribution in [0.5, 0.6) is 5.75 Å². The zero-order valence-corrected chi connectivity index (χ0v) is 9.17. The largest absolute Gasteiger partial charge is 0.497 e. The third-order valence-electron chi connectivity index (χ3n) is 2.96. The molecule has 0 spiro atoms. The molecule has 1 saturated carbocycles. The van der Waals surface area contributed by atoms with E-state index in [2.05, 4.69) is 0 Å². The number of nitrogens with two attached hydrogens (primary N) is 1. The second-order valence-electron chi connectivity index (χ2n) is 4.48. The molecule has 0 radical (unpaired) electrons. The average molecular weight is 227 g/mol. The highest BCUT2D eigenvalue weighted by molar-refractivity contribution is 5.31. The Bertz CT molecular complexity index is 388. The smallest absolute Gasteiger partial charge is 0.275 e. The summed E-state index contributed by atoms with van der Waals surface area (Å²) in [6.45, 7) is 0. The quantitative estimate of drug-likeness (QED) is 0.858. The van der Waals surface area contributed by atoms with Crippen molar-refractivity contribution in [2.45, 2.75) is 30.7 Å². The van der Waals surface area contributed by atoms with Gasteiger partial charge < -0.3 is 10.5 Å². The number of rotatable bonds is 4. The van der Waals surface area contributed by atoms with Crippen LogP contribution in [0.4, 0.5) is 8.78 Å². The van der Waals surface area contributed by atoms with Crippen molar-refractivity contribution in [3.05, 3.63) is 29.8 Å². The number of alkyl halides is 2. The molecule has 0 unspecified atom stereocenters. The van der Waals surface area contributed by atoms with Crippen LogP contribution >= 0.6 is 0 Å². The molecule has 0 aromatic heterocycles. The Labute approximate surface area is 93.4 Å². The molecule has 1 fully saturated rings. The Morgan fingerprint density at radius 2 is 2.12 bits per heavy atom. The van der Waals surface area contributed by atoms with Gasteiger partial charge in [0.05, 0.1) is 7.11 Å². The number of ether oxygens (including phenoxy) is 1.